The van der Waals surface area contributed by atoms with E-state index < -0.39 is 12.4 Å². The summed E-state index contributed by atoms with van der Waals surface area (Å²) < 4.78 is 13.0. The third-order valence-electron chi connectivity index (χ3n) is 3.83. The van der Waals surface area contributed by atoms with E-state index >= 15 is 0 Å². The van der Waals surface area contributed by atoms with Crippen molar-refractivity contribution in [3.05, 3.63) is 42.7 Å². The smallest absolute Gasteiger partial charge is 0.186 e. The predicted octanol–water partition coefficient (Wildman–Crippen LogP) is 2.25. The van der Waals surface area contributed by atoms with Gasteiger partial charge in [-0.1, -0.05) is 25.1 Å². The Morgan fingerprint density at radius 2 is 2.20 bits per heavy atom. The molecule has 0 spiro atoms. The topological polar surface area (TPSA) is 79.1 Å². The highest BCUT2D eigenvalue weighted by atomic mass is 16.7. The van der Waals surface area contributed by atoms with Gasteiger partial charge < -0.3 is 9.47 Å². The first kappa shape index (κ1) is 17.4. The van der Waals surface area contributed by atoms with Crippen molar-refractivity contribution >= 4 is 5.78 Å². The maximum atomic E-state index is 12.1. The molecule has 7 heteroatoms. The van der Waals surface area contributed by atoms with Crippen LogP contribution in [0, 0.1) is 5.92 Å². The first-order valence-corrected chi connectivity index (χ1v) is 8.42. The minimum atomic E-state index is -0.632. The number of carbonyl (C=O) groups is 1. The summed E-state index contributed by atoms with van der Waals surface area (Å²) in [7, 11) is 0. The van der Waals surface area contributed by atoms with Gasteiger partial charge in [0.05, 0.1) is 25.0 Å². The number of ketones is 1. The summed E-state index contributed by atoms with van der Waals surface area (Å²) in [5.74, 6) is 0.462. The second kappa shape index (κ2) is 8.13. The minimum Gasteiger partial charge on any atom is -0.349 e. The van der Waals surface area contributed by atoms with E-state index in [1.165, 1.54) is 6.08 Å². The highest BCUT2D eigenvalue weighted by molar-refractivity contribution is 5.94. The highest BCUT2D eigenvalue weighted by Crippen LogP contribution is 2.16. The molecule has 0 saturated carbocycles. The summed E-state index contributed by atoms with van der Waals surface area (Å²) >= 11 is 0. The van der Waals surface area contributed by atoms with Crippen LogP contribution in [-0.2, 0) is 20.8 Å². The molecule has 25 heavy (non-hydrogen) atoms. The molecule has 7 nitrogen and oxygen atoms in total. The molecule has 0 amide bonds. The van der Waals surface area contributed by atoms with Gasteiger partial charge >= 0.3 is 0 Å². The largest absolute Gasteiger partial charge is 0.349 e. The van der Waals surface area contributed by atoms with E-state index in [0.717, 1.165) is 12.1 Å². The summed E-state index contributed by atoms with van der Waals surface area (Å²) in [5, 5.41) is 8.16. The molecule has 0 saturated heterocycles. The van der Waals surface area contributed by atoms with Crippen molar-refractivity contribution in [1.29, 1.82) is 0 Å². The second-order valence-corrected chi connectivity index (χ2v) is 6.35. The van der Waals surface area contributed by atoms with Crippen LogP contribution in [0.1, 0.15) is 20.3 Å². The van der Waals surface area contributed by atoms with Gasteiger partial charge in [-0.3, -0.25) is 9.78 Å². The van der Waals surface area contributed by atoms with Crippen molar-refractivity contribution in [1.82, 2.24) is 20.0 Å². The van der Waals surface area contributed by atoms with Gasteiger partial charge in [-0.05, 0) is 36.6 Å². The van der Waals surface area contributed by atoms with Gasteiger partial charge in [-0.15, -0.1) is 5.10 Å². The van der Waals surface area contributed by atoms with Crippen LogP contribution in [0.5, 0.6) is 0 Å². The van der Waals surface area contributed by atoms with Crippen LogP contribution in [-0.4, -0.2) is 44.8 Å². The Morgan fingerprint density at radius 1 is 1.32 bits per heavy atom. The third-order valence-corrected chi connectivity index (χ3v) is 3.83. The molecule has 0 bridgehead atoms. The van der Waals surface area contributed by atoms with Crippen molar-refractivity contribution < 1.29 is 14.3 Å². The molecule has 0 aromatic carbocycles. The predicted molar refractivity (Wildman–Crippen MR) is 91.5 cm³/mol. The maximum absolute atomic E-state index is 12.1. The maximum Gasteiger partial charge on any atom is 0.186 e. The minimum absolute atomic E-state index is 0.0985. The Hall–Kier alpha value is -2.38. The Kier molecular flexibility index (Phi) is 5.67. The van der Waals surface area contributed by atoms with Gasteiger partial charge in [-0.2, -0.15) is 0 Å². The monoisotopic (exact) mass is 342 g/mol. The Morgan fingerprint density at radius 3 is 2.96 bits per heavy atom. The second-order valence-electron chi connectivity index (χ2n) is 6.35. The Balaban J connectivity index is 1.59. The molecule has 0 unspecified atom stereocenters. The molecular formula is C18H22N4O3. The third kappa shape index (κ3) is 4.80. The van der Waals surface area contributed by atoms with Gasteiger partial charge in [0.1, 0.15) is 11.8 Å². The fraction of sp³-hybridized carbons (Fsp3) is 0.444. The molecule has 2 atom stereocenters. The summed E-state index contributed by atoms with van der Waals surface area (Å²) in [6, 6.07) is 5.59. The molecule has 1 aliphatic rings. The average Bonchev–Trinajstić information content (AvgIpc) is 3.07. The molecule has 3 rings (SSSR count). The Labute approximate surface area is 146 Å². The zero-order valence-electron chi connectivity index (χ0n) is 14.4. The van der Waals surface area contributed by atoms with E-state index in [2.05, 4.69) is 29.1 Å². The fourth-order valence-electron chi connectivity index (χ4n) is 2.39. The number of nitrogens with zero attached hydrogens (tertiary/aromatic N) is 4. The summed E-state index contributed by atoms with van der Waals surface area (Å²) in [6.45, 7) is 5.15. The van der Waals surface area contributed by atoms with Crippen molar-refractivity contribution in [2.75, 3.05) is 6.61 Å². The lowest BCUT2D eigenvalue weighted by Crippen LogP contribution is -2.36. The molecule has 3 heterocycles. The first-order chi connectivity index (χ1) is 12.1. The molecule has 2 aromatic rings. The number of ether oxygens (including phenoxy) is 2. The fourth-order valence-corrected chi connectivity index (χ4v) is 2.39. The lowest BCUT2D eigenvalue weighted by Gasteiger charge is -2.25. The van der Waals surface area contributed by atoms with Crippen LogP contribution in [0.15, 0.2) is 42.7 Å². The molecule has 2 aromatic heterocycles. The van der Waals surface area contributed by atoms with Gasteiger partial charge in [0, 0.05) is 6.20 Å². The van der Waals surface area contributed by atoms with Crippen molar-refractivity contribution in [2.24, 2.45) is 5.92 Å². The first-order valence-electron chi connectivity index (χ1n) is 8.42. The summed E-state index contributed by atoms with van der Waals surface area (Å²) in [6.07, 6.45) is 6.44. The van der Waals surface area contributed by atoms with E-state index in [4.69, 9.17) is 9.47 Å². The average molecular weight is 342 g/mol. The van der Waals surface area contributed by atoms with Crippen LogP contribution in [0.3, 0.4) is 0 Å². The number of carbonyl (C=O) groups excluding carboxylic acids is 1. The number of rotatable bonds is 7. The number of hydrogen-bond donors (Lipinski definition) is 0. The molecule has 1 aliphatic heterocycles. The van der Waals surface area contributed by atoms with Gasteiger partial charge in [0.15, 0.2) is 12.1 Å². The zero-order valence-corrected chi connectivity index (χ0v) is 14.4. The molecule has 0 N–H and O–H groups in total. The van der Waals surface area contributed by atoms with Gasteiger partial charge in [0.2, 0.25) is 0 Å². The van der Waals surface area contributed by atoms with Crippen LogP contribution < -0.4 is 0 Å². The summed E-state index contributed by atoms with van der Waals surface area (Å²) in [5.41, 5.74) is 1.39. The molecular weight excluding hydrogens is 320 g/mol. The molecule has 0 fully saturated rings. The normalized spacial score (nSPS) is 20.4. The Bertz CT molecular complexity index is 727. The lowest BCUT2D eigenvalue weighted by molar-refractivity contribution is -0.166. The standard InChI is InChI=1S/C18H22N4O3/c1-13(2)8-10-24-18-7-6-16(23)17(25-18)12-22-11-15(20-21-22)14-5-3-4-9-19-14/h3-7,9,11,13,17-18H,8,10,12H2,1-2H3/t17-,18+/m1/s1. The zero-order chi connectivity index (χ0) is 17.6. The molecule has 0 aliphatic carbocycles. The van der Waals surface area contributed by atoms with Crippen LogP contribution in [0.4, 0.5) is 0 Å². The quantitative estimate of drug-likeness (QED) is 0.768. The van der Waals surface area contributed by atoms with Crippen LogP contribution in [0.25, 0.3) is 11.4 Å². The van der Waals surface area contributed by atoms with E-state index in [-0.39, 0.29) is 12.3 Å². The van der Waals surface area contributed by atoms with Crippen molar-refractivity contribution in [3.8, 4) is 11.4 Å². The lowest BCUT2D eigenvalue weighted by atomic mass is 10.1. The van der Waals surface area contributed by atoms with Crippen LogP contribution in [0.2, 0.25) is 0 Å². The van der Waals surface area contributed by atoms with E-state index in [1.54, 1.807) is 23.2 Å². The number of pyridine rings is 1. The van der Waals surface area contributed by atoms with E-state index in [1.807, 2.05) is 18.2 Å². The van der Waals surface area contributed by atoms with Crippen molar-refractivity contribution in [3.63, 3.8) is 0 Å². The number of hydrogen-bond acceptors (Lipinski definition) is 6. The van der Waals surface area contributed by atoms with Crippen LogP contribution >= 0.6 is 0 Å². The SMILES string of the molecule is CC(C)CCO[C@@H]1C=CC(=O)[C@@H](Cn2cc(-c3ccccn3)nn2)O1. The van der Waals surface area contributed by atoms with Gasteiger partial charge in [-0.25, -0.2) is 4.68 Å². The molecule has 132 valence electrons. The highest BCUT2D eigenvalue weighted by Gasteiger charge is 2.26. The van der Waals surface area contributed by atoms with E-state index in [9.17, 15) is 4.79 Å². The van der Waals surface area contributed by atoms with E-state index in [0.29, 0.717) is 18.2 Å². The van der Waals surface area contributed by atoms with Crippen molar-refractivity contribution in [2.45, 2.75) is 39.2 Å². The molecule has 0 radical (unpaired) electrons. The summed E-state index contributed by atoms with van der Waals surface area (Å²) in [4.78, 5) is 16.3. The van der Waals surface area contributed by atoms with Gasteiger partial charge in [0.25, 0.3) is 0 Å². The number of aromatic nitrogens is 4.